The van der Waals surface area contributed by atoms with Gasteiger partial charge in [-0.1, -0.05) is 94.4 Å². The van der Waals surface area contributed by atoms with Crippen LogP contribution < -0.4 is 4.57 Å². The number of benzene rings is 4. The largest absolute Gasteiger partial charge is 0.455 e. The van der Waals surface area contributed by atoms with Gasteiger partial charge in [-0.2, -0.15) is 0 Å². The minimum atomic E-state index is -0.0732. The molecule has 0 saturated heterocycles. The Kier molecular flexibility index (Phi) is 5.01. The lowest BCUT2D eigenvalue weighted by atomic mass is 9.60. The monoisotopic (exact) mass is 508 g/mol. The number of furan rings is 1. The number of para-hydroxylation sites is 1. The fourth-order valence-electron chi connectivity index (χ4n) is 6.85. The quantitative estimate of drug-likeness (QED) is 0.213. The molecule has 2 heteroatoms. The maximum absolute atomic E-state index is 6.46. The number of nitrogens with zero attached hydrogens (tertiary/aromatic N) is 1. The third-order valence-electron chi connectivity index (χ3n) is 9.13. The van der Waals surface area contributed by atoms with Crippen molar-refractivity contribution in [2.45, 2.75) is 45.4 Å². The first kappa shape index (κ1) is 23.9. The van der Waals surface area contributed by atoms with Gasteiger partial charge in [-0.3, -0.25) is 0 Å². The molecule has 0 radical (unpaired) electrons. The topological polar surface area (TPSA) is 17.0 Å². The van der Waals surface area contributed by atoms with Crippen LogP contribution in [0.2, 0.25) is 0 Å². The number of aryl methyl sites for hydroxylation is 2. The predicted molar refractivity (Wildman–Crippen MR) is 161 cm³/mol. The third kappa shape index (κ3) is 3.37. The normalized spacial score (nSPS) is 15.3. The van der Waals surface area contributed by atoms with Crippen LogP contribution in [-0.2, 0) is 17.9 Å². The van der Waals surface area contributed by atoms with E-state index in [1.165, 1.54) is 38.9 Å². The number of hydrogen-bond donors (Lipinski definition) is 0. The second-order valence-electron chi connectivity index (χ2n) is 12.2. The summed E-state index contributed by atoms with van der Waals surface area (Å²) in [5.74, 6) is 0. The Labute approximate surface area is 230 Å². The van der Waals surface area contributed by atoms with E-state index in [9.17, 15) is 0 Å². The first-order valence-electron chi connectivity index (χ1n) is 13.8. The molecular weight excluding hydrogens is 474 g/mol. The van der Waals surface area contributed by atoms with E-state index < -0.39 is 0 Å². The molecule has 6 aromatic rings. The fourth-order valence-corrected chi connectivity index (χ4v) is 6.85. The molecule has 192 valence electrons. The van der Waals surface area contributed by atoms with Crippen molar-refractivity contribution in [1.82, 2.24) is 0 Å². The van der Waals surface area contributed by atoms with E-state index in [1.807, 2.05) is 6.07 Å². The van der Waals surface area contributed by atoms with Crippen LogP contribution in [0.1, 0.15) is 55.5 Å². The predicted octanol–water partition coefficient (Wildman–Crippen LogP) is 9.02. The molecule has 0 spiro atoms. The van der Waals surface area contributed by atoms with Crippen molar-refractivity contribution >= 4 is 21.9 Å². The lowest BCUT2D eigenvalue weighted by Gasteiger charge is -2.44. The highest BCUT2D eigenvalue weighted by Gasteiger charge is 2.41. The van der Waals surface area contributed by atoms with E-state index in [4.69, 9.17) is 4.42 Å². The van der Waals surface area contributed by atoms with Crippen LogP contribution in [0.5, 0.6) is 0 Å². The molecule has 0 N–H and O–H groups in total. The molecule has 0 fully saturated rings. The first-order valence-corrected chi connectivity index (χ1v) is 13.8. The van der Waals surface area contributed by atoms with Crippen molar-refractivity contribution in [2.75, 3.05) is 0 Å². The number of fused-ring (bicyclic) bond motifs is 5. The molecule has 2 heterocycles. The van der Waals surface area contributed by atoms with Gasteiger partial charge in [0.05, 0.1) is 5.56 Å². The first-order chi connectivity index (χ1) is 18.7. The van der Waals surface area contributed by atoms with E-state index in [0.29, 0.717) is 0 Å². The Morgan fingerprint density at radius 1 is 0.615 bits per heavy atom. The average Bonchev–Trinajstić information content (AvgIpc) is 3.31. The van der Waals surface area contributed by atoms with Gasteiger partial charge >= 0.3 is 0 Å². The summed E-state index contributed by atoms with van der Waals surface area (Å²) in [7, 11) is 2.12. The standard InChI is InChI=1S/C37H34NO/c1-23-15-17-27-26-11-7-10-14-33(26)39-35(27)34(23)32-22-25(19-20-38(32)6)24-16-18-30-31(21-24)37(4,5)29-13-9-8-12-28(29)36(30,2)3/h7-22H,1-6H3/q+1. The minimum absolute atomic E-state index is 0.0394. The summed E-state index contributed by atoms with van der Waals surface area (Å²) in [4.78, 5) is 0. The maximum Gasteiger partial charge on any atom is 0.216 e. The van der Waals surface area contributed by atoms with Gasteiger partial charge in [-0.15, -0.1) is 0 Å². The number of aromatic nitrogens is 1. The van der Waals surface area contributed by atoms with E-state index in [0.717, 1.165) is 33.2 Å². The van der Waals surface area contributed by atoms with E-state index in [2.05, 4.69) is 137 Å². The van der Waals surface area contributed by atoms with Crippen molar-refractivity contribution in [3.8, 4) is 22.4 Å². The van der Waals surface area contributed by atoms with Crippen LogP contribution in [0.25, 0.3) is 44.3 Å². The second kappa shape index (κ2) is 8.16. The van der Waals surface area contributed by atoms with Gasteiger partial charge in [-0.05, 0) is 58.0 Å². The summed E-state index contributed by atoms with van der Waals surface area (Å²) in [6, 6.07) is 33.3. The molecule has 2 aromatic heterocycles. The van der Waals surface area contributed by atoms with Crippen LogP contribution in [0.15, 0.2) is 102 Å². The molecule has 0 aliphatic heterocycles. The smallest absolute Gasteiger partial charge is 0.216 e. The van der Waals surface area contributed by atoms with Gasteiger partial charge in [-0.25, -0.2) is 4.57 Å². The summed E-state index contributed by atoms with van der Waals surface area (Å²) in [5, 5.41) is 2.32. The van der Waals surface area contributed by atoms with Crippen molar-refractivity contribution in [1.29, 1.82) is 0 Å². The van der Waals surface area contributed by atoms with E-state index >= 15 is 0 Å². The highest BCUT2D eigenvalue weighted by Crippen LogP contribution is 2.50. The van der Waals surface area contributed by atoms with Crippen molar-refractivity contribution < 1.29 is 8.98 Å². The van der Waals surface area contributed by atoms with Crippen LogP contribution in [0.4, 0.5) is 0 Å². The molecule has 0 bridgehead atoms. The Morgan fingerprint density at radius 3 is 2.03 bits per heavy atom. The molecule has 7 rings (SSSR count). The van der Waals surface area contributed by atoms with Crippen molar-refractivity contribution in [3.05, 3.63) is 125 Å². The van der Waals surface area contributed by atoms with Crippen LogP contribution >= 0.6 is 0 Å². The molecule has 4 aromatic carbocycles. The van der Waals surface area contributed by atoms with Gasteiger partial charge in [0.1, 0.15) is 18.2 Å². The van der Waals surface area contributed by atoms with Gasteiger partial charge in [0.25, 0.3) is 0 Å². The summed E-state index contributed by atoms with van der Waals surface area (Å²) < 4.78 is 8.67. The molecule has 1 aliphatic carbocycles. The molecule has 1 aliphatic rings. The van der Waals surface area contributed by atoms with Crippen LogP contribution in [0.3, 0.4) is 0 Å². The van der Waals surface area contributed by atoms with Gasteiger partial charge in [0.15, 0.2) is 6.20 Å². The van der Waals surface area contributed by atoms with Crippen molar-refractivity contribution in [2.24, 2.45) is 7.05 Å². The van der Waals surface area contributed by atoms with E-state index in [1.54, 1.807) is 0 Å². The lowest BCUT2D eigenvalue weighted by Crippen LogP contribution is -2.36. The summed E-state index contributed by atoms with van der Waals surface area (Å²) >= 11 is 0. The van der Waals surface area contributed by atoms with Gasteiger partial charge < -0.3 is 4.42 Å². The maximum atomic E-state index is 6.46. The molecule has 0 unspecified atom stereocenters. The summed E-state index contributed by atoms with van der Waals surface area (Å²) in [6.45, 7) is 11.6. The molecule has 0 saturated carbocycles. The molecule has 0 amide bonds. The third-order valence-corrected chi connectivity index (χ3v) is 9.13. The zero-order valence-corrected chi connectivity index (χ0v) is 23.6. The Morgan fingerprint density at radius 2 is 1.26 bits per heavy atom. The zero-order chi connectivity index (χ0) is 27.1. The van der Waals surface area contributed by atoms with Crippen LogP contribution in [-0.4, -0.2) is 0 Å². The van der Waals surface area contributed by atoms with Gasteiger partial charge in [0, 0.05) is 33.7 Å². The molecule has 39 heavy (non-hydrogen) atoms. The fraction of sp³-hybridized carbons (Fsp3) is 0.216. The second-order valence-corrected chi connectivity index (χ2v) is 12.2. The van der Waals surface area contributed by atoms with Gasteiger partial charge in [0.2, 0.25) is 5.69 Å². The van der Waals surface area contributed by atoms with Crippen LogP contribution in [0, 0.1) is 6.92 Å². The van der Waals surface area contributed by atoms with E-state index in [-0.39, 0.29) is 10.8 Å². The minimum Gasteiger partial charge on any atom is -0.455 e. The Bertz CT molecular complexity index is 1940. The zero-order valence-electron chi connectivity index (χ0n) is 23.6. The molecule has 0 atom stereocenters. The average molecular weight is 509 g/mol. The molecular formula is C37H34NO+. The number of rotatable bonds is 2. The summed E-state index contributed by atoms with van der Waals surface area (Å²) in [5.41, 5.74) is 13.4. The Balaban J connectivity index is 1.42. The Hall–Kier alpha value is -4.17. The highest BCUT2D eigenvalue weighted by molar-refractivity contribution is 6.09. The lowest BCUT2D eigenvalue weighted by molar-refractivity contribution is -0.660. The van der Waals surface area contributed by atoms with Crippen molar-refractivity contribution in [3.63, 3.8) is 0 Å². The number of pyridine rings is 1. The number of hydrogen-bond acceptors (Lipinski definition) is 1. The summed E-state index contributed by atoms with van der Waals surface area (Å²) in [6.07, 6.45) is 2.18. The highest BCUT2D eigenvalue weighted by atomic mass is 16.3. The SMILES string of the molecule is Cc1ccc2c(oc3ccccc32)c1-c1cc(-c2ccc3c(c2)C(C)(C)c2ccccc2C3(C)C)cc[n+]1C. The molecule has 2 nitrogen and oxygen atoms in total.